The second-order valence-electron chi connectivity index (χ2n) is 7.60. The van der Waals surface area contributed by atoms with Crippen molar-refractivity contribution in [3.63, 3.8) is 0 Å². The first-order valence-electron chi connectivity index (χ1n) is 9.27. The molecule has 4 aromatic heterocycles. The van der Waals surface area contributed by atoms with Gasteiger partial charge in [0.25, 0.3) is 0 Å². The number of carbonyl (C=O) groups is 1. The van der Waals surface area contributed by atoms with Crippen LogP contribution in [-0.4, -0.2) is 35.6 Å². The minimum atomic E-state index is -0.768. The lowest BCUT2D eigenvalue weighted by Gasteiger charge is -2.15. The minimum absolute atomic E-state index is 0.00634. The zero-order valence-electron chi connectivity index (χ0n) is 16.3. The summed E-state index contributed by atoms with van der Waals surface area (Å²) in [4.78, 5) is 29.5. The summed E-state index contributed by atoms with van der Waals surface area (Å²) in [6.07, 6.45) is 2.55. The fraction of sp³-hybridized carbons (Fsp3) is 0.200. The van der Waals surface area contributed by atoms with E-state index in [-0.39, 0.29) is 29.7 Å². The van der Waals surface area contributed by atoms with E-state index >= 15 is 0 Å². The molecule has 0 saturated carbocycles. The number of amides is 1. The molecule has 1 amide bonds. The second kappa shape index (κ2) is 6.97. The molecule has 8 nitrogen and oxygen atoms in total. The number of hydrogen-bond acceptors (Lipinski definition) is 6. The highest BCUT2D eigenvalue weighted by atomic mass is 127. The van der Waals surface area contributed by atoms with Crippen LogP contribution in [0, 0.1) is 15.3 Å². The fourth-order valence-electron chi connectivity index (χ4n) is 3.55. The Labute approximate surface area is 188 Å². The number of fused-ring (bicyclic) bond motifs is 2. The van der Waals surface area contributed by atoms with Gasteiger partial charge < -0.3 is 5.32 Å². The van der Waals surface area contributed by atoms with Gasteiger partial charge in [-0.1, -0.05) is 0 Å². The molecule has 1 aliphatic rings. The van der Waals surface area contributed by atoms with Crippen molar-refractivity contribution in [1.29, 1.82) is 0 Å². The Morgan fingerprint density at radius 1 is 1.23 bits per heavy atom. The number of carbonyl (C=O) groups excluding carboxylic acids is 1. The lowest BCUT2D eigenvalue weighted by atomic mass is 9.88. The summed E-state index contributed by atoms with van der Waals surface area (Å²) in [5.41, 5.74) is 0.715. The number of aromatic nitrogens is 6. The van der Waals surface area contributed by atoms with Crippen LogP contribution in [-0.2, 0) is 16.8 Å². The van der Waals surface area contributed by atoms with E-state index in [0.717, 1.165) is 6.20 Å². The molecule has 156 valence electrons. The normalized spacial score (nSPS) is 14.7. The molecule has 0 atom stereocenters. The molecule has 0 unspecified atom stereocenters. The van der Waals surface area contributed by atoms with E-state index in [4.69, 9.17) is 0 Å². The third-order valence-corrected chi connectivity index (χ3v) is 5.97. The first kappa shape index (κ1) is 19.8. The lowest BCUT2D eigenvalue weighted by Crippen LogP contribution is -2.27. The maximum absolute atomic E-state index is 14.1. The van der Waals surface area contributed by atoms with Crippen LogP contribution < -0.4 is 5.32 Å². The van der Waals surface area contributed by atoms with E-state index in [0.29, 0.717) is 26.1 Å². The van der Waals surface area contributed by atoms with Crippen molar-refractivity contribution < 1.29 is 13.6 Å². The van der Waals surface area contributed by atoms with E-state index in [1.54, 1.807) is 13.8 Å². The van der Waals surface area contributed by atoms with Crippen molar-refractivity contribution in [3.05, 3.63) is 57.2 Å². The molecule has 11 heteroatoms. The van der Waals surface area contributed by atoms with Crippen molar-refractivity contribution in [2.24, 2.45) is 0 Å². The van der Waals surface area contributed by atoms with Gasteiger partial charge in [0.05, 0.1) is 29.2 Å². The Balaban J connectivity index is 1.69. The Hall–Kier alpha value is -3.09. The van der Waals surface area contributed by atoms with Gasteiger partial charge in [0, 0.05) is 11.8 Å². The van der Waals surface area contributed by atoms with E-state index < -0.39 is 17.0 Å². The third-order valence-electron chi connectivity index (χ3n) is 5.19. The molecular formula is C20H14F2IN7O. The first-order valence-corrected chi connectivity index (χ1v) is 10.3. The number of hydrogen-bond donors (Lipinski definition) is 1. The highest BCUT2D eigenvalue weighted by Gasteiger charge is 2.42. The summed E-state index contributed by atoms with van der Waals surface area (Å²) < 4.78 is 30.2. The Morgan fingerprint density at radius 3 is 2.81 bits per heavy atom. The predicted octanol–water partition coefficient (Wildman–Crippen LogP) is 3.44. The van der Waals surface area contributed by atoms with E-state index in [2.05, 4.69) is 30.4 Å². The molecule has 31 heavy (non-hydrogen) atoms. The van der Waals surface area contributed by atoms with Gasteiger partial charge >= 0.3 is 0 Å². The molecule has 5 heterocycles. The molecule has 4 aromatic rings. The molecule has 0 bridgehead atoms. The summed E-state index contributed by atoms with van der Waals surface area (Å²) in [7, 11) is 0. The zero-order chi connectivity index (χ0) is 21.9. The fourth-order valence-corrected chi connectivity index (χ4v) is 4.71. The van der Waals surface area contributed by atoms with E-state index in [1.165, 1.54) is 29.1 Å². The van der Waals surface area contributed by atoms with Gasteiger partial charge in [-0.3, -0.25) is 9.78 Å². The van der Waals surface area contributed by atoms with Gasteiger partial charge in [-0.25, -0.2) is 28.4 Å². The molecule has 1 aliphatic heterocycles. The average molecular weight is 533 g/mol. The molecule has 0 aliphatic carbocycles. The van der Waals surface area contributed by atoms with E-state index in [1.807, 2.05) is 22.6 Å². The van der Waals surface area contributed by atoms with Crippen molar-refractivity contribution in [2.75, 3.05) is 5.32 Å². The monoisotopic (exact) mass is 533 g/mol. The van der Waals surface area contributed by atoms with Crippen LogP contribution in [0.1, 0.15) is 25.1 Å². The lowest BCUT2D eigenvalue weighted by molar-refractivity contribution is -0.119. The molecule has 5 rings (SSSR count). The van der Waals surface area contributed by atoms with Gasteiger partial charge in [0.1, 0.15) is 26.8 Å². The second-order valence-corrected chi connectivity index (χ2v) is 8.63. The highest BCUT2D eigenvalue weighted by molar-refractivity contribution is 14.1. The molecule has 0 spiro atoms. The van der Waals surface area contributed by atoms with E-state index in [9.17, 15) is 13.6 Å². The highest BCUT2D eigenvalue weighted by Crippen LogP contribution is 2.40. The zero-order valence-corrected chi connectivity index (χ0v) is 18.5. The standard InChI is InChI=1S/C20H14F2IN7O/c1-20(2)13-15(23)26-17(27-16(13)28-19(20)31)14-10-6-9(21)7-25-18(10)30(29-14)8-12-11(22)4-3-5-24-12/h3-7H,8H2,1-2H3,(H,26,27,28,31). The predicted molar refractivity (Wildman–Crippen MR) is 116 cm³/mol. The van der Waals surface area contributed by atoms with Crippen molar-refractivity contribution >= 4 is 45.3 Å². The van der Waals surface area contributed by atoms with Gasteiger partial charge in [-0.15, -0.1) is 0 Å². The maximum Gasteiger partial charge on any atom is 0.235 e. The molecule has 1 N–H and O–H groups in total. The number of nitrogens with zero attached hydrogens (tertiary/aromatic N) is 6. The van der Waals surface area contributed by atoms with Gasteiger partial charge in [0.15, 0.2) is 11.5 Å². The Morgan fingerprint density at radius 2 is 2.03 bits per heavy atom. The van der Waals surface area contributed by atoms with Crippen LogP contribution in [0.5, 0.6) is 0 Å². The summed E-state index contributed by atoms with van der Waals surface area (Å²) in [5.74, 6) is -0.614. The molecular weight excluding hydrogens is 519 g/mol. The maximum atomic E-state index is 14.1. The van der Waals surface area contributed by atoms with Crippen LogP contribution in [0.25, 0.3) is 22.6 Å². The Bertz CT molecular complexity index is 1390. The molecule has 0 aromatic carbocycles. The Kier molecular flexibility index (Phi) is 4.46. The SMILES string of the molecule is CC1(C)C(=O)Nc2nc(-c3nn(Cc4ncccc4F)c4ncc(F)cc34)nc(I)c21. The van der Waals surface area contributed by atoms with Gasteiger partial charge in [0.2, 0.25) is 5.91 Å². The van der Waals surface area contributed by atoms with Crippen molar-refractivity contribution in [2.45, 2.75) is 25.8 Å². The number of anilines is 1. The van der Waals surface area contributed by atoms with Crippen LogP contribution >= 0.6 is 22.6 Å². The number of rotatable bonds is 3. The summed E-state index contributed by atoms with van der Waals surface area (Å²) >= 11 is 2.05. The van der Waals surface area contributed by atoms with Crippen molar-refractivity contribution in [3.8, 4) is 11.5 Å². The quantitative estimate of drug-likeness (QED) is 0.320. The summed E-state index contributed by atoms with van der Waals surface area (Å²) in [5, 5.41) is 7.64. The first-order chi connectivity index (χ1) is 14.8. The third kappa shape index (κ3) is 3.14. The van der Waals surface area contributed by atoms with Gasteiger partial charge in [-0.2, -0.15) is 5.10 Å². The summed E-state index contributed by atoms with van der Waals surface area (Å²) in [6.45, 7) is 3.59. The van der Waals surface area contributed by atoms with Crippen LogP contribution in [0.15, 0.2) is 30.6 Å². The molecule has 0 saturated heterocycles. The smallest absolute Gasteiger partial charge is 0.235 e. The van der Waals surface area contributed by atoms with Crippen LogP contribution in [0.2, 0.25) is 0 Å². The molecule has 0 fully saturated rings. The van der Waals surface area contributed by atoms with Crippen LogP contribution in [0.3, 0.4) is 0 Å². The topological polar surface area (TPSA) is 98.5 Å². The summed E-state index contributed by atoms with van der Waals surface area (Å²) in [6, 6.07) is 4.08. The molecule has 0 radical (unpaired) electrons. The largest absolute Gasteiger partial charge is 0.310 e. The minimum Gasteiger partial charge on any atom is -0.310 e. The number of nitrogens with one attached hydrogen (secondary N) is 1. The average Bonchev–Trinajstić information content (AvgIpc) is 3.17. The number of pyridine rings is 2. The van der Waals surface area contributed by atoms with Crippen LogP contribution in [0.4, 0.5) is 14.6 Å². The van der Waals surface area contributed by atoms with Crippen molar-refractivity contribution in [1.82, 2.24) is 29.7 Å². The van der Waals surface area contributed by atoms with Gasteiger partial charge in [-0.05, 0) is 54.6 Å². The number of halogens is 3.